The van der Waals surface area contributed by atoms with Gasteiger partial charge in [0.1, 0.15) is 0 Å². The van der Waals surface area contributed by atoms with Crippen LogP contribution in [0.5, 0.6) is 0 Å². The molecule has 1 aromatic rings. The lowest BCUT2D eigenvalue weighted by atomic mass is 9.72. The standard InChI is InChI=1S/C17H28N2OS/c1-17(2,3)12-6-7-13-14(11-21-15(13)10-12)16(20)18-8-9-19(4)5/h11-12H,6-10H2,1-5H3,(H,18,20). The van der Waals surface area contributed by atoms with Crippen molar-refractivity contribution in [3.63, 3.8) is 0 Å². The maximum Gasteiger partial charge on any atom is 0.252 e. The van der Waals surface area contributed by atoms with Gasteiger partial charge in [0.25, 0.3) is 5.91 Å². The highest BCUT2D eigenvalue weighted by atomic mass is 32.1. The van der Waals surface area contributed by atoms with E-state index in [1.165, 1.54) is 16.9 Å². The molecule has 1 amide bonds. The summed E-state index contributed by atoms with van der Waals surface area (Å²) in [5.74, 6) is 0.830. The van der Waals surface area contributed by atoms with Gasteiger partial charge in [-0.15, -0.1) is 11.3 Å². The van der Waals surface area contributed by atoms with Crippen molar-refractivity contribution in [1.82, 2.24) is 10.2 Å². The van der Waals surface area contributed by atoms with E-state index in [4.69, 9.17) is 0 Å². The van der Waals surface area contributed by atoms with Gasteiger partial charge in [-0.3, -0.25) is 4.79 Å². The summed E-state index contributed by atoms with van der Waals surface area (Å²) < 4.78 is 0. The Bertz CT molecular complexity index is 499. The Labute approximate surface area is 132 Å². The molecule has 2 rings (SSSR count). The van der Waals surface area contributed by atoms with Gasteiger partial charge in [-0.1, -0.05) is 20.8 Å². The molecule has 0 radical (unpaired) electrons. The number of amides is 1. The molecule has 0 aromatic carbocycles. The first-order chi connectivity index (χ1) is 9.79. The summed E-state index contributed by atoms with van der Waals surface area (Å²) in [6, 6.07) is 0. The quantitative estimate of drug-likeness (QED) is 0.926. The third kappa shape index (κ3) is 4.07. The first-order valence-electron chi connectivity index (χ1n) is 7.81. The molecule has 3 nitrogen and oxygen atoms in total. The van der Waals surface area contributed by atoms with Crippen molar-refractivity contribution < 1.29 is 4.79 Å². The number of carbonyl (C=O) groups excluding carboxylic acids is 1. The van der Waals surface area contributed by atoms with Gasteiger partial charge in [0.15, 0.2) is 0 Å². The number of hydrogen-bond donors (Lipinski definition) is 1. The monoisotopic (exact) mass is 308 g/mol. The van der Waals surface area contributed by atoms with E-state index >= 15 is 0 Å². The van der Waals surface area contributed by atoms with Crippen LogP contribution in [0.4, 0.5) is 0 Å². The van der Waals surface area contributed by atoms with Gasteiger partial charge in [0, 0.05) is 23.3 Å². The molecule has 4 heteroatoms. The number of nitrogens with one attached hydrogen (secondary N) is 1. The van der Waals surface area contributed by atoms with E-state index in [1.807, 2.05) is 14.1 Å². The topological polar surface area (TPSA) is 32.3 Å². The van der Waals surface area contributed by atoms with Crippen LogP contribution in [-0.4, -0.2) is 38.0 Å². The zero-order valence-corrected chi connectivity index (χ0v) is 14.8. The second-order valence-corrected chi connectivity index (χ2v) is 8.38. The average molecular weight is 308 g/mol. The number of thiophene rings is 1. The Hall–Kier alpha value is -0.870. The third-order valence-electron chi connectivity index (χ3n) is 4.47. The minimum atomic E-state index is 0.101. The van der Waals surface area contributed by atoms with Crippen LogP contribution in [0.3, 0.4) is 0 Å². The molecular weight excluding hydrogens is 280 g/mol. The molecule has 1 atom stereocenters. The zero-order valence-electron chi connectivity index (χ0n) is 14.0. The first-order valence-corrected chi connectivity index (χ1v) is 8.69. The molecule has 0 aliphatic heterocycles. The molecule has 0 saturated heterocycles. The van der Waals surface area contributed by atoms with Crippen LogP contribution in [0.15, 0.2) is 5.38 Å². The molecule has 1 N–H and O–H groups in total. The highest BCUT2D eigenvalue weighted by Gasteiger charge is 2.31. The number of likely N-dealkylation sites (N-methyl/N-ethyl adjacent to an activating group) is 1. The van der Waals surface area contributed by atoms with Crippen molar-refractivity contribution in [2.75, 3.05) is 27.2 Å². The van der Waals surface area contributed by atoms with Crippen molar-refractivity contribution in [1.29, 1.82) is 0 Å². The molecule has 0 saturated carbocycles. The Morgan fingerprint density at radius 3 is 2.76 bits per heavy atom. The van der Waals surface area contributed by atoms with Crippen molar-refractivity contribution >= 4 is 17.2 Å². The Morgan fingerprint density at radius 1 is 1.43 bits per heavy atom. The molecule has 1 aromatic heterocycles. The van der Waals surface area contributed by atoms with Crippen LogP contribution in [-0.2, 0) is 12.8 Å². The number of hydrogen-bond acceptors (Lipinski definition) is 3. The molecule has 0 spiro atoms. The van der Waals surface area contributed by atoms with E-state index in [1.54, 1.807) is 11.3 Å². The van der Waals surface area contributed by atoms with Gasteiger partial charge in [-0.2, -0.15) is 0 Å². The maximum atomic E-state index is 12.3. The number of rotatable bonds is 4. The molecule has 118 valence electrons. The van der Waals surface area contributed by atoms with E-state index in [0.29, 0.717) is 12.0 Å². The van der Waals surface area contributed by atoms with E-state index in [2.05, 4.69) is 36.4 Å². The maximum absolute atomic E-state index is 12.3. The van der Waals surface area contributed by atoms with Crippen LogP contribution in [0.1, 0.15) is 48.0 Å². The SMILES string of the molecule is CN(C)CCNC(=O)c1csc2c1CCC(C(C)(C)C)C2. The van der Waals surface area contributed by atoms with Crippen LogP contribution in [0.25, 0.3) is 0 Å². The first kappa shape index (κ1) is 16.5. The van der Waals surface area contributed by atoms with Crippen LogP contribution < -0.4 is 5.32 Å². The fraction of sp³-hybridized carbons (Fsp3) is 0.706. The predicted octanol–water partition coefficient (Wildman–Crippen LogP) is 3.19. The average Bonchev–Trinajstić information content (AvgIpc) is 2.79. The number of nitrogens with zero attached hydrogens (tertiary/aromatic N) is 1. The van der Waals surface area contributed by atoms with Crippen molar-refractivity contribution in [3.8, 4) is 0 Å². The highest BCUT2D eigenvalue weighted by molar-refractivity contribution is 7.10. The number of carbonyl (C=O) groups is 1. The highest BCUT2D eigenvalue weighted by Crippen LogP contribution is 2.40. The molecule has 1 unspecified atom stereocenters. The molecule has 0 bridgehead atoms. The van der Waals surface area contributed by atoms with Crippen molar-refractivity contribution in [2.45, 2.75) is 40.0 Å². The predicted molar refractivity (Wildman–Crippen MR) is 90.2 cm³/mol. The van der Waals surface area contributed by atoms with Crippen LogP contribution in [0, 0.1) is 11.3 Å². The third-order valence-corrected chi connectivity index (χ3v) is 5.52. The van der Waals surface area contributed by atoms with Gasteiger partial charge >= 0.3 is 0 Å². The van der Waals surface area contributed by atoms with Gasteiger partial charge in [-0.05, 0) is 50.3 Å². The lowest BCUT2D eigenvalue weighted by Crippen LogP contribution is -2.32. The molecule has 1 aliphatic carbocycles. The van der Waals surface area contributed by atoms with Gasteiger partial charge in [0.05, 0.1) is 5.56 Å². The van der Waals surface area contributed by atoms with Crippen LogP contribution in [0.2, 0.25) is 0 Å². The minimum Gasteiger partial charge on any atom is -0.351 e. The van der Waals surface area contributed by atoms with Crippen molar-refractivity contribution in [3.05, 3.63) is 21.4 Å². The summed E-state index contributed by atoms with van der Waals surface area (Å²) in [6.07, 6.45) is 3.39. The van der Waals surface area contributed by atoms with Crippen LogP contribution >= 0.6 is 11.3 Å². The second kappa shape index (κ2) is 6.49. The molecular formula is C17H28N2OS. The fourth-order valence-electron chi connectivity index (χ4n) is 2.93. The largest absolute Gasteiger partial charge is 0.351 e. The smallest absolute Gasteiger partial charge is 0.252 e. The summed E-state index contributed by atoms with van der Waals surface area (Å²) in [5.41, 5.74) is 2.58. The normalized spacial score (nSPS) is 18.7. The molecule has 21 heavy (non-hydrogen) atoms. The Kier molecular flexibility index (Phi) is 5.10. The van der Waals surface area contributed by atoms with Gasteiger partial charge < -0.3 is 10.2 Å². The Morgan fingerprint density at radius 2 is 2.14 bits per heavy atom. The fourth-order valence-corrected chi connectivity index (χ4v) is 4.09. The lowest BCUT2D eigenvalue weighted by Gasteiger charge is -2.34. The zero-order chi connectivity index (χ0) is 15.6. The summed E-state index contributed by atoms with van der Waals surface area (Å²) in [5, 5.41) is 5.09. The van der Waals surface area contributed by atoms with E-state index in [9.17, 15) is 4.79 Å². The van der Waals surface area contributed by atoms with Gasteiger partial charge in [-0.25, -0.2) is 0 Å². The van der Waals surface area contributed by atoms with E-state index in [0.717, 1.165) is 30.9 Å². The minimum absolute atomic E-state index is 0.101. The Balaban J connectivity index is 2.02. The molecule has 1 heterocycles. The lowest BCUT2D eigenvalue weighted by molar-refractivity contribution is 0.0950. The van der Waals surface area contributed by atoms with Gasteiger partial charge in [0.2, 0.25) is 0 Å². The summed E-state index contributed by atoms with van der Waals surface area (Å²) >= 11 is 1.77. The molecule has 0 fully saturated rings. The second-order valence-electron chi connectivity index (χ2n) is 7.42. The summed E-state index contributed by atoms with van der Waals surface area (Å²) in [4.78, 5) is 15.8. The van der Waals surface area contributed by atoms with E-state index in [-0.39, 0.29) is 5.91 Å². The summed E-state index contributed by atoms with van der Waals surface area (Å²) in [7, 11) is 4.04. The van der Waals surface area contributed by atoms with E-state index < -0.39 is 0 Å². The molecule has 1 aliphatic rings. The number of fused-ring (bicyclic) bond motifs is 1. The summed E-state index contributed by atoms with van der Waals surface area (Å²) in [6.45, 7) is 8.56. The van der Waals surface area contributed by atoms with Crippen molar-refractivity contribution in [2.24, 2.45) is 11.3 Å².